The first-order chi connectivity index (χ1) is 11.5. The van der Waals surface area contributed by atoms with Crippen LogP contribution in [0.5, 0.6) is 0 Å². The Kier molecular flexibility index (Phi) is 6.79. The highest BCUT2D eigenvalue weighted by atomic mass is 16.2. The van der Waals surface area contributed by atoms with E-state index < -0.39 is 6.04 Å². The normalized spacial score (nSPS) is 16.2. The lowest BCUT2D eigenvalue weighted by atomic mass is 10.0. The van der Waals surface area contributed by atoms with Gasteiger partial charge in [-0.15, -0.1) is 0 Å². The molecule has 1 aromatic rings. The second kappa shape index (κ2) is 8.83. The largest absolute Gasteiger partial charge is 0.350 e. The van der Waals surface area contributed by atoms with Crippen molar-refractivity contribution in [3.8, 4) is 0 Å². The van der Waals surface area contributed by atoms with E-state index in [1.165, 1.54) is 38.4 Å². The number of benzene rings is 1. The molecule has 0 bridgehead atoms. The highest BCUT2D eigenvalue weighted by molar-refractivity contribution is 5.86. The van der Waals surface area contributed by atoms with Gasteiger partial charge in [0.05, 0.1) is 13.1 Å². The predicted octanol–water partition coefficient (Wildman–Crippen LogP) is 0.642. The summed E-state index contributed by atoms with van der Waals surface area (Å²) in [4.78, 5) is 25.1. The minimum atomic E-state index is -0.486. The van der Waals surface area contributed by atoms with Gasteiger partial charge in [-0.2, -0.15) is 0 Å². The smallest absolute Gasteiger partial charge is 0.243 e. The molecule has 1 fully saturated rings. The molecule has 24 heavy (non-hydrogen) atoms. The van der Waals surface area contributed by atoms with Crippen LogP contribution >= 0.6 is 0 Å². The number of carbonyl (C=O) groups is 2. The Morgan fingerprint density at radius 1 is 1.08 bits per heavy atom. The number of hydrogen-bond donors (Lipinski definition) is 3. The molecule has 1 atom stereocenters. The Bertz CT molecular complexity index is 548. The summed E-state index contributed by atoms with van der Waals surface area (Å²) in [5, 5.41) is 5.63. The van der Waals surface area contributed by atoms with Gasteiger partial charge in [-0.05, 0) is 11.5 Å². The van der Waals surface area contributed by atoms with Crippen molar-refractivity contribution in [1.29, 1.82) is 0 Å². The Morgan fingerprint density at radius 3 is 2.21 bits per heavy atom. The summed E-state index contributed by atoms with van der Waals surface area (Å²) in [6.07, 6.45) is 2.68. The first-order valence-corrected chi connectivity index (χ1v) is 8.92. The van der Waals surface area contributed by atoms with E-state index in [1.807, 2.05) is 13.8 Å². The van der Waals surface area contributed by atoms with E-state index in [2.05, 4.69) is 34.9 Å². The van der Waals surface area contributed by atoms with Crippen LogP contribution in [0.2, 0.25) is 0 Å². The molecule has 1 saturated heterocycles. The third-order valence-electron chi connectivity index (χ3n) is 4.56. The molecule has 0 aromatic heterocycles. The van der Waals surface area contributed by atoms with Crippen molar-refractivity contribution in [2.75, 3.05) is 13.1 Å². The van der Waals surface area contributed by atoms with E-state index >= 15 is 0 Å². The predicted molar refractivity (Wildman–Crippen MR) is 94.4 cm³/mol. The van der Waals surface area contributed by atoms with Crippen LogP contribution in [0.1, 0.15) is 44.7 Å². The van der Waals surface area contributed by atoms with Gasteiger partial charge >= 0.3 is 0 Å². The lowest BCUT2D eigenvalue weighted by molar-refractivity contribution is -0.901. The summed E-state index contributed by atoms with van der Waals surface area (Å²) >= 11 is 0. The summed E-state index contributed by atoms with van der Waals surface area (Å²) in [6.45, 7) is 9.41. The van der Waals surface area contributed by atoms with Gasteiger partial charge in [-0.1, -0.05) is 38.1 Å². The summed E-state index contributed by atoms with van der Waals surface area (Å²) < 4.78 is 0. The molecule has 0 unspecified atom stereocenters. The average Bonchev–Trinajstić information content (AvgIpc) is 3.04. The van der Waals surface area contributed by atoms with Crippen molar-refractivity contribution in [1.82, 2.24) is 10.6 Å². The summed E-state index contributed by atoms with van der Waals surface area (Å²) in [5.74, 6) is -0.261. The summed E-state index contributed by atoms with van der Waals surface area (Å²) in [5.41, 5.74) is 2.43. The Balaban J connectivity index is 1.84. The number of carbonyl (C=O) groups excluding carboxylic acids is 2. The Labute approximate surface area is 144 Å². The standard InChI is InChI=1S/C19H29N3O2/c1-14(2)18(21-15(3)23)19(24)20-12-16-6-8-17(9-7-16)13-22-10-4-5-11-22/h6-9,14,18H,4-5,10-13H2,1-3H3,(H,20,24)(H,21,23)/p+1/t18-/m1/s1. The third-order valence-corrected chi connectivity index (χ3v) is 4.56. The van der Waals surface area contributed by atoms with E-state index in [4.69, 9.17) is 0 Å². The Morgan fingerprint density at radius 2 is 1.67 bits per heavy atom. The van der Waals surface area contributed by atoms with E-state index in [9.17, 15) is 9.59 Å². The minimum Gasteiger partial charge on any atom is -0.350 e. The van der Waals surface area contributed by atoms with Gasteiger partial charge in [0.2, 0.25) is 11.8 Å². The molecule has 0 saturated carbocycles. The molecule has 0 aliphatic carbocycles. The number of likely N-dealkylation sites (tertiary alicyclic amines) is 1. The van der Waals surface area contributed by atoms with E-state index in [0.717, 1.165) is 12.1 Å². The zero-order valence-electron chi connectivity index (χ0n) is 15.0. The Hall–Kier alpha value is -1.88. The van der Waals surface area contributed by atoms with Gasteiger partial charge in [0.1, 0.15) is 12.6 Å². The van der Waals surface area contributed by atoms with Crippen molar-refractivity contribution < 1.29 is 14.5 Å². The summed E-state index contributed by atoms with van der Waals surface area (Å²) in [6, 6.07) is 7.98. The van der Waals surface area contributed by atoms with Gasteiger partial charge in [0.25, 0.3) is 0 Å². The second-order valence-electron chi connectivity index (χ2n) is 7.09. The molecule has 1 aromatic carbocycles. The maximum Gasteiger partial charge on any atom is 0.243 e. The van der Waals surface area contributed by atoms with E-state index in [1.54, 1.807) is 4.90 Å². The quantitative estimate of drug-likeness (QED) is 0.686. The fourth-order valence-corrected chi connectivity index (χ4v) is 3.17. The number of quaternary nitrogens is 1. The van der Waals surface area contributed by atoms with Crippen LogP contribution in [0.15, 0.2) is 24.3 Å². The third kappa shape index (κ3) is 5.64. The highest BCUT2D eigenvalue weighted by Gasteiger charge is 2.22. The molecule has 5 nitrogen and oxygen atoms in total. The van der Waals surface area contributed by atoms with Crippen LogP contribution in [-0.4, -0.2) is 30.9 Å². The van der Waals surface area contributed by atoms with E-state index in [-0.39, 0.29) is 17.7 Å². The molecule has 0 radical (unpaired) electrons. The fraction of sp³-hybridized carbons (Fsp3) is 0.579. The molecule has 5 heteroatoms. The highest BCUT2D eigenvalue weighted by Crippen LogP contribution is 2.06. The molecular formula is C19H30N3O2+. The van der Waals surface area contributed by atoms with Crippen LogP contribution in [0.3, 0.4) is 0 Å². The number of rotatable bonds is 7. The molecule has 1 heterocycles. The monoisotopic (exact) mass is 332 g/mol. The fourth-order valence-electron chi connectivity index (χ4n) is 3.17. The van der Waals surface area contributed by atoms with Gasteiger partial charge < -0.3 is 15.5 Å². The van der Waals surface area contributed by atoms with Crippen molar-refractivity contribution in [2.24, 2.45) is 5.92 Å². The summed E-state index contributed by atoms with van der Waals surface area (Å²) in [7, 11) is 0. The lowest BCUT2D eigenvalue weighted by Gasteiger charge is -2.21. The van der Waals surface area contributed by atoms with Gasteiger partial charge in [-0.3, -0.25) is 9.59 Å². The van der Waals surface area contributed by atoms with Crippen LogP contribution in [0.25, 0.3) is 0 Å². The second-order valence-corrected chi connectivity index (χ2v) is 7.09. The molecule has 132 valence electrons. The van der Waals surface area contributed by atoms with Crippen molar-refractivity contribution in [3.63, 3.8) is 0 Å². The van der Waals surface area contributed by atoms with Crippen LogP contribution in [-0.2, 0) is 22.7 Å². The molecule has 0 spiro atoms. The van der Waals surface area contributed by atoms with Crippen molar-refractivity contribution >= 4 is 11.8 Å². The van der Waals surface area contributed by atoms with E-state index in [0.29, 0.717) is 6.54 Å². The van der Waals surface area contributed by atoms with Crippen LogP contribution in [0.4, 0.5) is 0 Å². The van der Waals surface area contributed by atoms with Gasteiger partial charge in [0, 0.05) is 31.9 Å². The van der Waals surface area contributed by atoms with Crippen molar-refractivity contribution in [2.45, 2.75) is 52.7 Å². The molecule has 2 rings (SSSR count). The zero-order chi connectivity index (χ0) is 17.5. The molecule has 1 aliphatic heterocycles. The van der Waals surface area contributed by atoms with Crippen molar-refractivity contribution in [3.05, 3.63) is 35.4 Å². The molecule has 2 amide bonds. The SMILES string of the molecule is CC(=O)N[C@@H](C(=O)NCc1ccc(C[NH+]2CCCC2)cc1)C(C)C. The number of nitrogens with one attached hydrogen (secondary N) is 3. The topological polar surface area (TPSA) is 62.6 Å². The average molecular weight is 332 g/mol. The maximum atomic E-state index is 12.3. The lowest BCUT2D eigenvalue weighted by Crippen LogP contribution is -3.08. The molecular weight excluding hydrogens is 302 g/mol. The zero-order valence-corrected chi connectivity index (χ0v) is 15.0. The van der Waals surface area contributed by atoms with Crippen LogP contribution < -0.4 is 15.5 Å². The molecule has 3 N–H and O–H groups in total. The first kappa shape index (κ1) is 18.5. The van der Waals surface area contributed by atoms with Gasteiger partial charge in [0.15, 0.2) is 0 Å². The first-order valence-electron chi connectivity index (χ1n) is 8.92. The molecule has 1 aliphatic rings. The number of amides is 2. The number of hydrogen-bond acceptors (Lipinski definition) is 2. The maximum absolute atomic E-state index is 12.3. The minimum absolute atomic E-state index is 0.0553. The van der Waals surface area contributed by atoms with Crippen LogP contribution in [0, 0.1) is 5.92 Å². The van der Waals surface area contributed by atoms with Gasteiger partial charge in [-0.25, -0.2) is 0 Å².